The zero-order valence-electron chi connectivity index (χ0n) is 29.2. The lowest BCUT2D eigenvalue weighted by molar-refractivity contribution is -0.140. The minimum atomic E-state index is -1.75. The van der Waals surface area contributed by atoms with E-state index in [9.17, 15) is 25.2 Å². The van der Waals surface area contributed by atoms with Crippen LogP contribution in [0.25, 0.3) is 11.1 Å². The molecule has 2 fully saturated rings. The Balaban J connectivity index is 1.16. The standard InChI is InChI=1S/C38H50ClN3O8S/c1-41(2)17-18-42(22-32(44)36(47)37(48)33(45)23-43)35(46)8-5-19-51-27-11-12-31(39)25(20-27)24-49-38(14-15-38)30-21-40-16-13-28(30)29-6-3-4-7-34(29)50-26-9-10-26/h3-4,6-7,11-13,16,20-21,26,32-33,36-37,43-45,47-48H,5,8-10,14-15,17-19,22-24H2,1-2H3. The van der Waals surface area contributed by atoms with Gasteiger partial charge < -0.3 is 44.8 Å². The number of nitrogens with zero attached hydrogens (tertiary/aromatic N) is 3. The molecule has 3 aromatic rings. The van der Waals surface area contributed by atoms with E-state index in [0.29, 0.717) is 36.9 Å². The van der Waals surface area contributed by atoms with Crippen LogP contribution in [0.2, 0.25) is 5.02 Å². The first-order chi connectivity index (χ1) is 24.5. The summed E-state index contributed by atoms with van der Waals surface area (Å²) in [4.78, 5) is 22.0. The second kappa shape index (κ2) is 18.3. The van der Waals surface area contributed by atoms with Crippen LogP contribution in [0, 0.1) is 0 Å². The van der Waals surface area contributed by atoms with Gasteiger partial charge in [-0.15, -0.1) is 11.8 Å². The van der Waals surface area contributed by atoms with Crippen molar-refractivity contribution in [1.29, 1.82) is 0 Å². The summed E-state index contributed by atoms with van der Waals surface area (Å²) >= 11 is 8.25. The van der Waals surface area contributed by atoms with Crippen LogP contribution < -0.4 is 4.74 Å². The summed E-state index contributed by atoms with van der Waals surface area (Å²) < 4.78 is 12.9. The number of aromatic nitrogens is 1. The molecule has 5 N–H and O–H groups in total. The van der Waals surface area contributed by atoms with Gasteiger partial charge in [0.1, 0.15) is 30.2 Å². The van der Waals surface area contributed by atoms with Gasteiger partial charge in [0.15, 0.2) is 0 Å². The Labute approximate surface area is 309 Å². The molecule has 2 saturated carbocycles. The lowest BCUT2D eigenvalue weighted by atomic mass is 9.96. The van der Waals surface area contributed by atoms with E-state index in [-0.39, 0.29) is 25.0 Å². The number of ether oxygens (including phenoxy) is 2. The molecule has 4 atom stereocenters. The molecular formula is C38H50ClN3O8S. The van der Waals surface area contributed by atoms with Gasteiger partial charge in [-0.2, -0.15) is 0 Å². The van der Waals surface area contributed by atoms with Gasteiger partial charge in [-0.25, -0.2) is 0 Å². The van der Waals surface area contributed by atoms with E-state index in [2.05, 4.69) is 11.1 Å². The number of likely N-dealkylation sites (N-methyl/N-ethyl adjacent to an activating group) is 1. The quantitative estimate of drug-likeness (QED) is 0.0799. The third-order valence-electron chi connectivity index (χ3n) is 9.24. The maximum Gasteiger partial charge on any atom is 0.222 e. The number of thioether (sulfide) groups is 1. The maximum absolute atomic E-state index is 13.2. The van der Waals surface area contributed by atoms with E-state index in [1.54, 1.807) is 18.0 Å². The summed E-state index contributed by atoms with van der Waals surface area (Å²) in [5.41, 5.74) is 3.57. The number of pyridine rings is 1. The van der Waals surface area contributed by atoms with Crippen LogP contribution in [0.15, 0.2) is 65.8 Å². The molecule has 2 aliphatic carbocycles. The largest absolute Gasteiger partial charge is 0.490 e. The molecule has 0 bridgehead atoms. The van der Waals surface area contributed by atoms with Crippen molar-refractivity contribution in [3.05, 3.63) is 77.1 Å². The molecule has 5 rings (SSSR count). The van der Waals surface area contributed by atoms with Crippen LogP contribution >= 0.6 is 23.4 Å². The minimum absolute atomic E-state index is 0.197. The molecule has 1 amide bonds. The molecule has 0 radical (unpaired) electrons. The number of para-hydroxylation sites is 1. The Morgan fingerprint density at radius 1 is 1.02 bits per heavy atom. The van der Waals surface area contributed by atoms with E-state index in [0.717, 1.165) is 58.6 Å². The highest BCUT2D eigenvalue weighted by Crippen LogP contribution is 2.53. The van der Waals surface area contributed by atoms with Crippen LogP contribution in [-0.2, 0) is 21.7 Å². The second-order valence-electron chi connectivity index (χ2n) is 13.7. The minimum Gasteiger partial charge on any atom is -0.490 e. The average molecular weight is 744 g/mol. The summed E-state index contributed by atoms with van der Waals surface area (Å²) in [5.74, 6) is 1.34. The molecule has 1 heterocycles. The third kappa shape index (κ3) is 10.9. The zero-order chi connectivity index (χ0) is 36.5. The van der Waals surface area contributed by atoms with Crippen LogP contribution in [0.4, 0.5) is 0 Å². The molecule has 0 saturated heterocycles. The summed E-state index contributed by atoms with van der Waals surface area (Å²) in [6.45, 7) is 0.183. The number of halogens is 1. The van der Waals surface area contributed by atoms with Crippen LogP contribution in [0.5, 0.6) is 5.75 Å². The Morgan fingerprint density at radius 2 is 1.76 bits per heavy atom. The van der Waals surface area contributed by atoms with Crippen LogP contribution in [-0.4, -0.2) is 123 Å². The molecule has 0 aliphatic heterocycles. The number of aliphatic hydroxyl groups excluding tert-OH is 5. The van der Waals surface area contributed by atoms with Crippen molar-refractivity contribution >= 4 is 29.3 Å². The number of rotatable bonds is 21. The van der Waals surface area contributed by atoms with E-state index in [1.165, 1.54) is 4.90 Å². The number of hydrogen-bond donors (Lipinski definition) is 5. The predicted octanol–water partition coefficient (Wildman–Crippen LogP) is 3.85. The highest BCUT2D eigenvalue weighted by Gasteiger charge is 2.48. The molecule has 0 spiro atoms. The van der Waals surface area contributed by atoms with E-state index < -0.39 is 36.6 Å². The van der Waals surface area contributed by atoms with Crippen LogP contribution in [0.3, 0.4) is 0 Å². The number of carbonyl (C=O) groups is 1. The van der Waals surface area contributed by atoms with Crippen molar-refractivity contribution in [3.8, 4) is 16.9 Å². The summed E-state index contributed by atoms with van der Waals surface area (Å²) in [6, 6.07) is 16.0. The van der Waals surface area contributed by atoms with Crippen molar-refractivity contribution < 1.29 is 39.8 Å². The monoisotopic (exact) mass is 743 g/mol. The zero-order valence-corrected chi connectivity index (χ0v) is 30.8. The van der Waals surface area contributed by atoms with Gasteiger partial charge in [-0.3, -0.25) is 9.78 Å². The molecule has 2 aliphatic rings. The summed E-state index contributed by atoms with van der Waals surface area (Å²) in [5, 5.41) is 50.1. The molecule has 4 unspecified atom stereocenters. The summed E-state index contributed by atoms with van der Waals surface area (Å²) in [7, 11) is 3.73. The Bertz CT molecular complexity index is 1590. The summed E-state index contributed by atoms with van der Waals surface area (Å²) in [6.07, 6.45) is 2.11. The molecular weight excluding hydrogens is 694 g/mol. The molecule has 11 nitrogen and oxygen atoms in total. The molecule has 2 aromatic carbocycles. The van der Waals surface area contributed by atoms with Crippen molar-refractivity contribution in [2.75, 3.05) is 46.1 Å². The Hall–Kier alpha value is -2.78. The van der Waals surface area contributed by atoms with Crippen molar-refractivity contribution in [2.45, 2.75) is 86.1 Å². The smallest absolute Gasteiger partial charge is 0.222 e. The highest BCUT2D eigenvalue weighted by molar-refractivity contribution is 7.99. The molecule has 13 heteroatoms. The Kier molecular flexibility index (Phi) is 14.2. The predicted molar refractivity (Wildman–Crippen MR) is 197 cm³/mol. The fourth-order valence-electron chi connectivity index (χ4n) is 5.83. The fourth-order valence-corrected chi connectivity index (χ4v) is 6.92. The first-order valence-electron chi connectivity index (χ1n) is 17.5. The molecule has 278 valence electrons. The van der Waals surface area contributed by atoms with Gasteiger partial charge >= 0.3 is 0 Å². The molecule has 1 aromatic heterocycles. The van der Waals surface area contributed by atoms with Gasteiger partial charge in [0.2, 0.25) is 5.91 Å². The normalized spacial score (nSPS) is 17.5. The van der Waals surface area contributed by atoms with E-state index in [1.807, 2.05) is 67.7 Å². The number of amides is 1. The van der Waals surface area contributed by atoms with E-state index in [4.69, 9.17) is 26.2 Å². The number of carbonyl (C=O) groups excluding carboxylic acids is 1. The maximum atomic E-state index is 13.2. The van der Waals surface area contributed by atoms with Gasteiger partial charge in [-0.1, -0.05) is 29.8 Å². The van der Waals surface area contributed by atoms with Crippen molar-refractivity contribution in [1.82, 2.24) is 14.8 Å². The first-order valence-corrected chi connectivity index (χ1v) is 18.9. The number of hydrogen-bond acceptors (Lipinski definition) is 11. The van der Waals surface area contributed by atoms with E-state index >= 15 is 0 Å². The second-order valence-corrected chi connectivity index (χ2v) is 15.2. The van der Waals surface area contributed by atoms with Gasteiger partial charge in [-0.05, 0) is 93.4 Å². The van der Waals surface area contributed by atoms with Crippen molar-refractivity contribution in [2.24, 2.45) is 0 Å². The van der Waals surface area contributed by atoms with Crippen LogP contribution in [0.1, 0.15) is 49.7 Å². The number of benzene rings is 2. The lowest BCUT2D eigenvalue weighted by Crippen LogP contribution is -2.51. The van der Waals surface area contributed by atoms with Gasteiger partial charge in [0, 0.05) is 59.5 Å². The SMILES string of the molecule is CN(C)CCN(CC(O)C(O)C(O)C(O)CO)C(=O)CCCSc1ccc(Cl)c(COC2(c3cnccc3-c3ccccc3OC3CC3)CC2)c1. The number of aliphatic hydroxyl groups is 5. The topological polar surface area (TPSA) is 156 Å². The average Bonchev–Trinajstić information content (AvgIpc) is 4.08. The third-order valence-corrected chi connectivity index (χ3v) is 10.7. The van der Waals surface area contributed by atoms with Gasteiger partial charge in [0.05, 0.1) is 24.9 Å². The highest BCUT2D eigenvalue weighted by atomic mass is 35.5. The lowest BCUT2D eigenvalue weighted by Gasteiger charge is -2.31. The molecule has 51 heavy (non-hydrogen) atoms. The fraction of sp³-hybridized carbons (Fsp3) is 0.526. The Morgan fingerprint density at radius 3 is 2.47 bits per heavy atom. The van der Waals surface area contributed by atoms with Crippen molar-refractivity contribution in [3.63, 3.8) is 0 Å². The first kappa shape index (κ1) is 39.4. The van der Waals surface area contributed by atoms with Gasteiger partial charge in [0.25, 0.3) is 0 Å².